The Balaban J connectivity index is 1.68. The number of hydrogen-bond donors (Lipinski definition) is 2. The normalized spacial score (nSPS) is 20.7. The van der Waals surface area contributed by atoms with E-state index < -0.39 is 5.97 Å². The first-order chi connectivity index (χ1) is 10.6. The molecule has 2 aromatic rings. The topological polar surface area (TPSA) is 84.2 Å². The van der Waals surface area contributed by atoms with Crippen molar-refractivity contribution in [3.63, 3.8) is 0 Å². The molecule has 114 valence electrons. The summed E-state index contributed by atoms with van der Waals surface area (Å²) >= 11 is 0. The van der Waals surface area contributed by atoms with E-state index in [1.54, 1.807) is 29.1 Å². The molecule has 0 bridgehead atoms. The number of carbonyl (C=O) groups excluding carboxylic acids is 1. The molecule has 3 rings (SSSR count). The predicted molar refractivity (Wildman–Crippen MR) is 79.8 cm³/mol. The zero-order valence-corrected chi connectivity index (χ0v) is 12.0. The summed E-state index contributed by atoms with van der Waals surface area (Å²) in [5.41, 5.74) is 1.36. The lowest BCUT2D eigenvalue weighted by Crippen LogP contribution is -2.33. The fraction of sp³-hybridized carbons (Fsp3) is 0.312. The number of aromatic nitrogens is 2. The molecule has 6 heteroatoms. The van der Waals surface area contributed by atoms with E-state index >= 15 is 0 Å². The number of nitrogens with zero attached hydrogens (tertiary/aromatic N) is 2. The zero-order valence-electron chi connectivity index (χ0n) is 12.0. The summed E-state index contributed by atoms with van der Waals surface area (Å²) in [6.45, 7) is 0. The molecule has 1 saturated carbocycles. The van der Waals surface area contributed by atoms with E-state index in [0.717, 1.165) is 5.69 Å². The highest BCUT2D eigenvalue weighted by Gasteiger charge is 2.30. The summed E-state index contributed by atoms with van der Waals surface area (Å²) in [7, 11) is 0. The van der Waals surface area contributed by atoms with Crippen LogP contribution in [0.3, 0.4) is 0 Å². The Labute approximate surface area is 127 Å². The molecule has 1 aromatic heterocycles. The zero-order chi connectivity index (χ0) is 15.5. The molecule has 1 aromatic carbocycles. The third-order valence-electron chi connectivity index (χ3n) is 3.99. The molecule has 22 heavy (non-hydrogen) atoms. The number of carbonyl (C=O) groups is 2. The largest absolute Gasteiger partial charge is 0.481 e. The fourth-order valence-corrected chi connectivity index (χ4v) is 2.82. The second-order valence-corrected chi connectivity index (χ2v) is 5.52. The van der Waals surface area contributed by atoms with Crippen molar-refractivity contribution in [2.45, 2.75) is 25.3 Å². The molecule has 0 saturated heterocycles. The molecule has 2 N–H and O–H groups in total. The summed E-state index contributed by atoms with van der Waals surface area (Å²) in [5, 5.41) is 16.1. The second-order valence-electron chi connectivity index (χ2n) is 5.52. The van der Waals surface area contributed by atoms with Gasteiger partial charge in [0, 0.05) is 24.0 Å². The Morgan fingerprint density at radius 2 is 2.14 bits per heavy atom. The van der Waals surface area contributed by atoms with Crippen molar-refractivity contribution in [1.82, 2.24) is 15.1 Å². The Kier molecular flexibility index (Phi) is 3.91. The van der Waals surface area contributed by atoms with Crippen LogP contribution in [0, 0.1) is 5.92 Å². The first-order valence-electron chi connectivity index (χ1n) is 7.27. The van der Waals surface area contributed by atoms with Gasteiger partial charge in [0.25, 0.3) is 5.91 Å². The minimum atomic E-state index is -0.780. The van der Waals surface area contributed by atoms with Crippen molar-refractivity contribution in [3.8, 4) is 5.69 Å². The lowest BCUT2D eigenvalue weighted by Gasteiger charge is -2.13. The van der Waals surface area contributed by atoms with Gasteiger partial charge in [0.1, 0.15) is 0 Å². The Morgan fingerprint density at radius 3 is 2.82 bits per heavy atom. The van der Waals surface area contributed by atoms with E-state index in [4.69, 9.17) is 5.11 Å². The highest BCUT2D eigenvalue weighted by Crippen LogP contribution is 2.26. The van der Waals surface area contributed by atoms with Crippen molar-refractivity contribution in [1.29, 1.82) is 0 Å². The Morgan fingerprint density at radius 1 is 1.27 bits per heavy atom. The highest BCUT2D eigenvalue weighted by atomic mass is 16.4. The summed E-state index contributed by atoms with van der Waals surface area (Å²) in [4.78, 5) is 23.3. The van der Waals surface area contributed by atoms with Crippen LogP contribution in [-0.2, 0) is 4.79 Å². The third kappa shape index (κ3) is 3.00. The smallest absolute Gasteiger partial charge is 0.306 e. The molecule has 0 aliphatic heterocycles. The van der Waals surface area contributed by atoms with Crippen LogP contribution >= 0.6 is 0 Å². The van der Waals surface area contributed by atoms with E-state index in [-0.39, 0.29) is 17.9 Å². The first kappa shape index (κ1) is 14.3. The van der Waals surface area contributed by atoms with Crippen LogP contribution in [0.1, 0.15) is 29.6 Å². The van der Waals surface area contributed by atoms with Gasteiger partial charge in [0.05, 0.1) is 11.6 Å². The predicted octanol–water partition coefficient (Wildman–Crippen LogP) is 1.86. The third-order valence-corrected chi connectivity index (χ3v) is 3.99. The minimum absolute atomic E-state index is 0.0676. The second kappa shape index (κ2) is 6.01. The quantitative estimate of drug-likeness (QED) is 0.902. The average molecular weight is 299 g/mol. The number of rotatable bonds is 4. The first-order valence-corrected chi connectivity index (χ1v) is 7.27. The Bertz CT molecular complexity index is 682. The number of nitrogens with one attached hydrogen (secondary N) is 1. The molecule has 1 amide bonds. The summed E-state index contributed by atoms with van der Waals surface area (Å²) in [6.07, 6.45) is 5.32. The lowest BCUT2D eigenvalue weighted by atomic mass is 10.1. The van der Waals surface area contributed by atoms with E-state index in [2.05, 4.69) is 10.4 Å². The molecule has 1 fully saturated rings. The van der Waals surface area contributed by atoms with Crippen LogP contribution < -0.4 is 5.32 Å². The minimum Gasteiger partial charge on any atom is -0.481 e. The molecule has 0 unspecified atom stereocenters. The molecule has 0 spiro atoms. The highest BCUT2D eigenvalue weighted by molar-refractivity contribution is 5.95. The molecular formula is C16H17N3O3. The maximum atomic E-state index is 12.3. The van der Waals surface area contributed by atoms with Gasteiger partial charge in [-0.2, -0.15) is 5.10 Å². The SMILES string of the molecule is O=C(N[C@@H]1CC[C@@H](C(=O)O)C1)c1cccc(-n2cccn2)c1. The molecule has 1 heterocycles. The van der Waals surface area contributed by atoms with Crippen molar-refractivity contribution >= 4 is 11.9 Å². The van der Waals surface area contributed by atoms with E-state index in [0.29, 0.717) is 24.8 Å². The average Bonchev–Trinajstić information content (AvgIpc) is 3.19. The van der Waals surface area contributed by atoms with E-state index in [1.807, 2.05) is 18.3 Å². The van der Waals surface area contributed by atoms with Crippen LogP contribution in [0.5, 0.6) is 0 Å². The molecule has 1 aliphatic rings. The number of carboxylic acid groups (broad SMARTS) is 1. The van der Waals surface area contributed by atoms with Crippen molar-refractivity contribution in [3.05, 3.63) is 48.3 Å². The summed E-state index contributed by atoms with van der Waals surface area (Å²) < 4.78 is 1.69. The van der Waals surface area contributed by atoms with Gasteiger partial charge in [-0.25, -0.2) is 4.68 Å². The molecule has 1 aliphatic carbocycles. The van der Waals surface area contributed by atoms with Crippen LogP contribution in [0.4, 0.5) is 0 Å². The number of aliphatic carboxylic acids is 1. The van der Waals surface area contributed by atoms with Gasteiger partial charge in [-0.1, -0.05) is 6.07 Å². The van der Waals surface area contributed by atoms with Crippen LogP contribution in [-0.4, -0.2) is 32.8 Å². The Hall–Kier alpha value is -2.63. The fourth-order valence-electron chi connectivity index (χ4n) is 2.82. The molecule has 2 atom stereocenters. The van der Waals surface area contributed by atoms with Crippen LogP contribution in [0.2, 0.25) is 0 Å². The van der Waals surface area contributed by atoms with Gasteiger partial charge in [0.15, 0.2) is 0 Å². The standard InChI is InChI=1S/C16H17N3O3/c20-15(18-13-6-5-12(9-13)16(21)22)11-3-1-4-14(10-11)19-8-2-7-17-19/h1-4,7-8,10,12-13H,5-6,9H2,(H,18,20)(H,21,22)/t12-,13-/m1/s1. The van der Waals surface area contributed by atoms with Gasteiger partial charge in [-0.05, 0) is 43.5 Å². The van der Waals surface area contributed by atoms with Gasteiger partial charge < -0.3 is 10.4 Å². The van der Waals surface area contributed by atoms with Gasteiger partial charge in [-0.3, -0.25) is 9.59 Å². The van der Waals surface area contributed by atoms with Crippen LogP contribution in [0.15, 0.2) is 42.7 Å². The number of benzene rings is 1. The van der Waals surface area contributed by atoms with Crippen molar-refractivity contribution in [2.24, 2.45) is 5.92 Å². The number of hydrogen-bond acceptors (Lipinski definition) is 3. The molecule has 0 radical (unpaired) electrons. The molecule has 6 nitrogen and oxygen atoms in total. The van der Waals surface area contributed by atoms with E-state index in [9.17, 15) is 9.59 Å². The maximum absolute atomic E-state index is 12.3. The number of carboxylic acids is 1. The van der Waals surface area contributed by atoms with Crippen molar-refractivity contribution < 1.29 is 14.7 Å². The number of amides is 1. The summed E-state index contributed by atoms with van der Waals surface area (Å²) in [5.74, 6) is -1.30. The monoisotopic (exact) mass is 299 g/mol. The van der Waals surface area contributed by atoms with Gasteiger partial charge in [-0.15, -0.1) is 0 Å². The van der Waals surface area contributed by atoms with E-state index in [1.165, 1.54) is 0 Å². The molecular weight excluding hydrogens is 282 g/mol. The van der Waals surface area contributed by atoms with Crippen molar-refractivity contribution in [2.75, 3.05) is 0 Å². The maximum Gasteiger partial charge on any atom is 0.306 e. The van der Waals surface area contributed by atoms with Gasteiger partial charge >= 0.3 is 5.97 Å². The van der Waals surface area contributed by atoms with Crippen LogP contribution in [0.25, 0.3) is 5.69 Å². The van der Waals surface area contributed by atoms with Gasteiger partial charge in [0.2, 0.25) is 0 Å². The lowest BCUT2D eigenvalue weighted by molar-refractivity contribution is -0.141. The summed E-state index contributed by atoms with van der Waals surface area (Å²) in [6, 6.07) is 8.94.